The van der Waals surface area contributed by atoms with Crippen molar-refractivity contribution in [3.05, 3.63) is 23.9 Å². The number of hydrogen-bond donors (Lipinski definition) is 1. The quantitative estimate of drug-likeness (QED) is 0.870. The fourth-order valence-corrected chi connectivity index (χ4v) is 1.48. The molecule has 1 aromatic rings. The second-order valence-electron chi connectivity index (χ2n) is 3.89. The van der Waals surface area contributed by atoms with Crippen molar-refractivity contribution in [2.75, 3.05) is 11.4 Å². The van der Waals surface area contributed by atoms with Gasteiger partial charge in [0, 0.05) is 6.20 Å². The lowest BCUT2D eigenvalue weighted by Gasteiger charge is -2.25. The molecule has 0 radical (unpaired) electrons. The molecule has 2 rings (SSSR count). The molecular formula is C10H11F3N4O. The fourth-order valence-electron chi connectivity index (χ4n) is 1.48. The van der Waals surface area contributed by atoms with Crippen molar-refractivity contribution in [3.63, 3.8) is 0 Å². The van der Waals surface area contributed by atoms with Crippen molar-refractivity contribution < 1.29 is 18.3 Å². The lowest BCUT2D eigenvalue weighted by atomic mass is 10.3. The molecule has 0 aromatic carbocycles. The number of aromatic nitrogens is 1. The van der Waals surface area contributed by atoms with Gasteiger partial charge in [0.1, 0.15) is 18.7 Å². The Hall–Kier alpha value is -1.83. The highest BCUT2D eigenvalue weighted by Crippen LogP contribution is 2.23. The molecule has 98 valence electrons. The Balaban J connectivity index is 2.10. The van der Waals surface area contributed by atoms with Gasteiger partial charge in [-0.1, -0.05) is 6.07 Å². The first kappa shape index (κ1) is 12.6. The minimum atomic E-state index is -4.42. The standard InChI is InChI=1S/C10H11F3N4O/c1-7-2-3-8(14-4-7)16-6-15-17(9(16)18)5-10(11,12)13/h2-4,6,9,18H,5H2,1H3. The molecule has 1 N–H and O–H groups in total. The molecular weight excluding hydrogens is 249 g/mol. The molecule has 0 fully saturated rings. The molecule has 0 aliphatic carbocycles. The molecule has 2 heterocycles. The molecule has 1 aliphatic heterocycles. The maximum Gasteiger partial charge on any atom is 0.407 e. The van der Waals surface area contributed by atoms with Gasteiger partial charge in [-0.05, 0) is 18.6 Å². The summed E-state index contributed by atoms with van der Waals surface area (Å²) in [5.74, 6) is 0.335. The van der Waals surface area contributed by atoms with Crippen molar-refractivity contribution in [2.24, 2.45) is 5.10 Å². The van der Waals surface area contributed by atoms with E-state index in [0.717, 1.165) is 16.8 Å². The zero-order valence-electron chi connectivity index (χ0n) is 9.46. The normalized spacial score (nSPS) is 19.7. The SMILES string of the molecule is Cc1ccc(N2C=NN(CC(F)(F)F)C2O)nc1. The predicted molar refractivity (Wildman–Crippen MR) is 58.7 cm³/mol. The first-order valence-electron chi connectivity index (χ1n) is 5.13. The molecule has 0 spiro atoms. The third-order valence-electron chi connectivity index (χ3n) is 2.34. The van der Waals surface area contributed by atoms with Crippen LogP contribution in [0.2, 0.25) is 0 Å². The van der Waals surface area contributed by atoms with E-state index < -0.39 is 19.1 Å². The minimum Gasteiger partial charge on any atom is -0.355 e. The van der Waals surface area contributed by atoms with Crippen molar-refractivity contribution in [3.8, 4) is 0 Å². The van der Waals surface area contributed by atoms with Crippen molar-refractivity contribution in [1.82, 2.24) is 9.99 Å². The number of nitrogens with zero attached hydrogens (tertiary/aromatic N) is 4. The Bertz CT molecular complexity index is 445. The van der Waals surface area contributed by atoms with Crippen LogP contribution in [-0.2, 0) is 0 Å². The second-order valence-corrected chi connectivity index (χ2v) is 3.89. The van der Waals surface area contributed by atoms with E-state index in [1.54, 1.807) is 18.3 Å². The van der Waals surface area contributed by atoms with E-state index in [2.05, 4.69) is 10.1 Å². The van der Waals surface area contributed by atoms with Crippen molar-refractivity contribution in [2.45, 2.75) is 19.5 Å². The van der Waals surface area contributed by atoms with Gasteiger partial charge < -0.3 is 5.11 Å². The van der Waals surface area contributed by atoms with Gasteiger partial charge in [-0.15, -0.1) is 0 Å². The zero-order valence-corrected chi connectivity index (χ0v) is 9.46. The van der Waals surface area contributed by atoms with E-state index in [1.165, 1.54) is 0 Å². The maximum atomic E-state index is 12.2. The van der Waals surface area contributed by atoms with Gasteiger partial charge >= 0.3 is 6.18 Å². The van der Waals surface area contributed by atoms with Crippen molar-refractivity contribution in [1.29, 1.82) is 0 Å². The van der Waals surface area contributed by atoms with Crippen LogP contribution < -0.4 is 4.90 Å². The smallest absolute Gasteiger partial charge is 0.355 e. The highest BCUT2D eigenvalue weighted by atomic mass is 19.4. The molecule has 1 aliphatic rings. The Kier molecular flexibility index (Phi) is 3.12. The molecule has 8 heteroatoms. The first-order chi connectivity index (χ1) is 8.37. The molecule has 0 saturated heterocycles. The van der Waals surface area contributed by atoms with Crippen LogP contribution in [0.5, 0.6) is 0 Å². The summed E-state index contributed by atoms with van der Waals surface area (Å²) in [7, 11) is 0. The number of aliphatic hydroxyl groups is 1. The topological polar surface area (TPSA) is 52.0 Å². The van der Waals surface area contributed by atoms with E-state index in [-0.39, 0.29) is 0 Å². The number of alkyl halides is 3. The molecule has 1 aromatic heterocycles. The average molecular weight is 260 g/mol. The minimum absolute atomic E-state index is 0.335. The monoisotopic (exact) mass is 260 g/mol. The summed E-state index contributed by atoms with van der Waals surface area (Å²) in [4.78, 5) is 5.17. The summed E-state index contributed by atoms with van der Waals surface area (Å²) >= 11 is 0. The van der Waals surface area contributed by atoms with Crippen LogP contribution in [0.3, 0.4) is 0 Å². The molecule has 0 saturated carbocycles. The summed E-state index contributed by atoms with van der Waals surface area (Å²) in [6.07, 6.45) is -3.24. The number of hydrazone groups is 1. The molecule has 1 atom stereocenters. The lowest BCUT2D eigenvalue weighted by molar-refractivity contribution is -0.162. The third-order valence-corrected chi connectivity index (χ3v) is 2.34. The number of aryl methyl sites for hydroxylation is 1. The van der Waals surface area contributed by atoms with Crippen LogP contribution in [0.4, 0.5) is 19.0 Å². The second kappa shape index (κ2) is 4.45. The predicted octanol–water partition coefficient (Wildman–Crippen LogP) is 1.29. The first-order valence-corrected chi connectivity index (χ1v) is 5.13. The van der Waals surface area contributed by atoms with Crippen LogP contribution in [0.25, 0.3) is 0 Å². The summed E-state index contributed by atoms with van der Waals surface area (Å²) in [5.41, 5.74) is 0.913. The Morgan fingerprint density at radius 3 is 2.67 bits per heavy atom. The Morgan fingerprint density at radius 1 is 1.39 bits per heavy atom. The van der Waals surface area contributed by atoms with Gasteiger partial charge in [-0.2, -0.15) is 18.3 Å². The molecule has 0 amide bonds. The number of hydrogen-bond acceptors (Lipinski definition) is 5. The highest BCUT2D eigenvalue weighted by Gasteiger charge is 2.37. The summed E-state index contributed by atoms with van der Waals surface area (Å²) in [6, 6.07) is 3.34. The molecule has 5 nitrogen and oxygen atoms in total. The van der Waals surface area contributed by atoms with Crippen LogP contribution in [-0.4, -0.2) is 40.5 Å². The Labute approximate surface area is 101 Å². The number of rotatable bonds is 2. The molecule has 0 bridgehead atoms. The van der Waals surface area contributed by atoms with Crippen LogP contribution in [0.15, 0.2) is 23.4 Å². The van der Waals surface area contributed by atoms with Crippen LogP contribution in [0.1, 0.15) is 5.56 Å². The van der Waals surface area contributed by atoms with E-state index in [9.17, 15) is 18.3 Å². The maximum absolute atomic E-state index is 12.2. The summed E-state index contributed by atoms with van der Waals surface area (Å²) in [5, 5.41) is 13.8. The van der Waals surface area contributed by atoms with Gasteiger partial charge in [0.15, 0.2) is 0 Å². The number of aliphatic hydroxyl groups excluding tert-OH is 1. The third kappa shape index (κ3) is 2.70. The lowest BCUT2D eigenvalue weighted by Crippen LogP contribution is -2.43. The van der Waals surface area contributed by atoms with Gasteiger partial charge in [0.05, 0.1) is 0 Å². The van der Waals surface area contributed by atoms with Gasteiger partial charge in [-0.25, -0.2) is 9.99 Å². The highest BCUT2D eigenvalue weighted by molar-refractivity contribution is 5.79. The number of pyridine rings is 1. The van der Waals surface area contributed by atoms with Crippen LogP contribution in [0, 0.1) is 6.92 Å². The van der Waals surface area contributed by atoms with E-state index in [1.807, 2.05) is 6.92 Å². The Morgan fingerprint density at radius 2 is 2.11 bits per heavy atom. The van der Waals surface area contributed by atoms with E-state index in [0.29, 0.717) is 10.8 Å². The van der Waals surface area contributed by atoms with Gasteiger partial charge in [0.2, 0.25) is 6.35 Å². The number of halogens is 3. The van der Waals surface area contributed by atoms with Crippen LogP contribution >= 0.6 is 0 Å². The number of anilines is 1. The molecule has 18 heavy (non-hydrogen) atoms. The average Bonchev–Trinajstić information content (AvgIpc) is 2.60. The summed E-state index contributed by atoms with van der Waals surface area (Å²) in [6.45, 7) is 0.522. The van der Waals surface area contributed by atoms with E-state index >= 15 is 0 Å². The van der Waals surface area contributed by atoms with Gasteiger partial charge in [0.25, 0.3) is 0 Å². The largest absolute Gasteiger partial charge is 0.407 e. The van der Waals surface area contributed by atoms with E-state index in [4.69, 9.17) is 0 Å². The fraction of sp³-hybridized carbons (Fsp3) is 0.400. The summed E-state index contributed by atoms with van der Waals surface area (Å²) < 4.78 is 36.6. The van der Waals surface area contributed by atoms with Crippen molar-refractivity contribution >= 4 is 12.2 Å². The van der Waals surface area contributed by atoms with Gasteiger partial charge in [-0.3, -0.25) is 4.90 Å². The zero-order chi connectivity index (χ0) is 13.3. The molecule has 1 unspecified atom stereocenters.